The van der Waals surface area contributed by atoms with Crippen LogP contribution < -0.4 is 0 Å². The average Bonchev–Trinajstić information content (AvgIpc) is 1.77. The number of hydrogen-bond donors (Lipinski definition) is 1. The standard InChI is InChI=1S/C6H13NO.FH/c1-7-4-2-6(8)3-5-7;/h6,8H,2-5H2,1H3;1H. The van der Waals surface area contributed by atoms with E-state index in [1.165, 1.54) is 0 Å². The molecule has 1 aliphatic rings. The molecule has 1 fully saturated rings. The summed E-state index contributed by atoms with van der Waals surface area (Å²) in [5.74, 6) is 0. The van der Waals surface area contributed by atoms with E-state index in [0.29, 0.717) is 0 Å². The summed E-state index contributed by atoms with van der Waals surface area (Å²) in [6.07, 6.45) is 1.89. The first-order valence-electron chi connectivity index (χ1n) is 3.15. The molecule has 0 aromatic heterocycles. The Bertz CT molecular complexity index is 61.5. The zero-order valence-corrected chi connectivity index (χ0v) is 5.71. The van der Waals surface area contributed by atoms with Gasteiger partial charge >= 0.3 is 0 Å². The van der Waals surface area contributed by atoms with Gasteiger partial charge < -0.3 is 10.0 Å². The minimum Gasteiger partial charge on any atom is -0.393 e. The van der Waals surface area contributed by atoms with Crippen molar-refractivity contribution >= 4 is 0 Å². The summed E-state index contributed by atoms with van der Waals surface area (Å²) in [6.45, 7) is 2.11. The van der Waals surface area contributed by atoms with Gasteiger partial charge in [-0.2, -0.15) is 0 Å². The van der Waals surface area contributed by atoms with Crippen molar-refractivity contribution in [1.29, 1.82) is 0 Å². The Morgan fingerprint density at radius 3 is 2.11 bits per heavy atom. The molecule has 2 nitrogen and oxygen atoms in total. The molecule has 3 heteroatoms. The molecule has 1 saturated heterocycles. The topological polar surface area (TPSA) is 23.5 Å². The molecule has 0 amide bonds. The van der Waals surface area contributed by atoms with Crippen molar-refractivity contribution in [2.45, 2.75) is 18.9 Å². The second-order valence-electron chi connectivity index (χ2n) is 2.53. The summed E-state index contributed by atoms with van der Waals surface area (Å²) >= 11 is 0. The van der Waals surface area contributed by atoms with Crippen LogP contribution in [0.4, 0.5) is 4.70 Å². The minimum absolute atomic E-state index is 0. The number of likely N-dealkylation sites (tertiary alicyclic amines) is 1. The first-order chi connectivity index (χ1) is 3.79. The van der Waals surface area contributed by atoms with E-state index >= 15 is 0 Å². The van der Waals surface area contributed by atoms with E-state index in [1.54, 1.807) is 0 Å². The molecule has 1 heterocycles. The van der Waals surface area contributed by atoms with Crippen LogP contribution in [0.3, 0.4) is 0 Å². The fourth-order valence-electron chi connectivity index (χ4n) is 0.995. The van der Waals surface area contributed by atoms with Gasteiger partial charge in [-0.1, -0.05) is 0 Å². The van der Waals surface area contributed by atoms with Crippen molar-refractivity contribution in [1.82, 2.24) is 4.90 Å². The van der Waals surface area contributed by atoms with Gasteiger partial charge in [0.1, 0.15) is 0 Å². The van der Waals surface area contributed by atoms with E-state index in [4.69, 9.17) is 5.11 Å². The highest BCUT2D eigenvalue weighted by atomic mass is 19.0. The van der Waals surface area contributed by atoms with Crippen molar-refractivity contribution in [2.24, 2.45) is 0 Å². The van der Waals surface area contributed by atoms with Gasteiger partial charge in [0.15, 0.2) is 0 Å². The van der Waals surface area contributed by atoms with Gasteiger partial charge in [0.05, 0.1) is 6.10 Å². The molecule has 0 aromatic carbocycles. The molecule has 1 rings (SSSR count). The predicted molar refractivity (Wildman–Crippen MR) is 35.2 cm³/mol. The zero-order chi connectivity index (χ0) is 5.98. The van der Waals surface area contributed by atoms with Crippen molar-refractivity contribution < 1.29 is 9.81 Å². The predicted octanol–water partition coefficient (Wildman–Crippen LogP) is 0.225. The Morgan fingerprint density at radius 2 is 1.78 bits per heavy atom. The summed E-state index contributed by atoms with van der Waals surface area (Å²) in [5.41, 5.74) is 0. The van der Waals surface area contributed by atoms with Crippen LogP contribution >= 0.6 is 0 Å². The van der Waals surface area contributed by atoms with Gasteiger partial charge in [0, 0.05) is 13.1 Å². The van der Waals surface area contributed by atoms with Crippen molar-refractivity contribution in [3.8, 4) is 0 Å². The third-order valence-electron chi connectivity index (χ3n) is 1.69. The number of hydrogen-bond acceptors (Lipinski definition) is 2. The quantitative estimate of drug-likeness (QED) is 0.514. The van der Waals surface area contributed by atoms with E-state index in [0.717, 1.165) is 25.9 Å². The van der Waals surface area contributed by atoms with Gasteiger partial charge in [-0.25, -0.2) is 0 Å². The molecule has 0 radical (unpaired) electrons. The molecule has 0 unspecified atom stereocenters. The van der Waals surface area contributed by atoms with Gasteiger partial charge in [-0.15, -0.1) is 0 Å². The third-order valence-corrected chi connectivity index (χ3v) is 1.69. The Labute approximate surface area is 54.8 Å². The molecule has 0 aliphatic carbocycles. The zero-order valence-electron chi connectivity index (χ0n) is 5.71. The summed E-state index contributed by atoms with van der Waals surface area (Å²) < 4.78 is 0. The number of aliphatic hydroxyl groups is 1. The lowest BCUT2D eigenvalue weighted by atomic mass is 10.1. The molecule has 56 valence electrons. The van der Waals surface area contributed by atoms with Crippen LogP contribution in [-0.2, 0) is 0 Å². The molecule has 0 spiro atoms. The van der Waals surface area contributed by atoms with Gasteiger partial charge in [0.25, 0.3) is 0 Å². The Kier molecular flexibility index (Phi) is 3.73. The van der Waals surface area contributed by atoms with Gasteiger partial charge in [0.2, 0.25) is 0 Å². The largest absolute Gasteiger partial charge is 0.393 e. The highest BCUT2D eigenvalue weighted by Gasteiger charge is 2.12. The molecular formula is C6H14FNO. The minimum atomic E-state index is -0.0220. The fourth-order valence-corrected chi connectivity index (χ4v) is 0.995. The number of piperidine rings is 1. The molecule has 0 aromatic rings. The fraction of sp³-hybridized carbons (Fsp3) is 1.00. The van der Waals surface area contributed by atoms with E-state index in [9.17, 15) is 0 Å². The van der Waals surface area contributed by atoms with E-state index in [2.05, 4.69) is 11.9 Å². The second kappa shape index (κ2) is 3.80. The van der Waals surface area contributed by atoms with Crippen LogP contribution in [0.5, 0.6) is 0 Å². The third kappa shape index (κ3) is 2.77. The maximum absolute atomic E-state index is 9.00. The number of rotatable bonds is 0. The van der Waals surface area contributed by atoms with Crippen molar-refractivity contribution in [3.05, 3.63) is 0 Å². The number of aliphatic hydroxyl groups excluding tert-OH is 1. The summed E-state index contributed by atoms with van der Waals surface area (Å²) in [5, 5.41) is 9.00. The molecule has 1 N–H and O–H groups in total. The molecular weight excluding hydrogens is 121 g/mol. The SMILES string of the molecule is CN1CCC(O)CC1.F. The molecule has 0 atom stereocenters. The molecule has 0 bridgehead atoms. The van der Waals surface area contributed by atoms with Gasteiger partial charge in [-0.3, -0.25) is 4.70 Å². The first-order valence-corrected chi connectivity index (χ1v) is 3.15. The van der Waals surface area contributed by atoms with E-state index in [-0.39, 0.29) is 10.8 Å². The lowest BCUT2D eigenvalue weighted by Gasteiger charge is -2.25. The van der Waals surface area contributed by atoms with Crippen LogP contribution in [-0.4, -0.2) is 36.2 Å². The number of halogens is 1. The molecule has 9 heavy (non-hydrogen) atoms. The summed E-state index contributed by atoms with van der Waals surface area (Å²) in [7, 11) is 2.09. The Morgan fingerprint density at radius 1 is 1.33 bits per heavy atom. The Balaban J connectivity index is 0.000000640. The van der Waals surface area contributed by atoms with E-state index < -0.39 is 0 Å². The second-order valence-corrected chi connectivity index (χ2v) is 2.53. The van der Waals surface area contributed by atoms with Crippen molar-refractivity contribution in [3.63, 3.8) is 0 Å². The van der Waals surface area contributed by atoms with Crippen LogP contribution in [0.2, 0.25) is 0 Å². The maximum atomic E-state index is 9.00. The van der Waals surface area contributed by atoms with Crippen LogP contribution in [0.1, 0.15) is 12.8 Å². The monoisotopic (exact) mass is 135 g/mol. The molecule has 0 saturated carbocycles. The Hall–Kier alpha value is -0.150. The normalized spacial score (nSPS) is 23.3. The summed E-state index contributed by atoms with van der Waals surface area (Å²) in [4.78, 5) is 2.24. The maximum Gasteiger partial charge on any atom is 0.0564 e. The number of nitrogens with zero attached hydrogens (tertiary/aromatic N) is 1. The van der Waals surface area contributed by atoms with Gasteiger partial charge in [-0.05, 0) is 19.9 Å². The van der Waals surface area contributed by atoms with Crippen LogP contribution in [0.15, 0.2) is 0 Å². The van der Waals surface area contributed by atoms with E-state index in [1.807, 2.05) is 0 Å². The van der Waals surface area contributed by atoms with Crippen LogP contribution in [0.25, 0.3) is 0 Å². The average molecular weight is 135 g/mol. The highest BCUT2D eigenvalue weighted by molar-refractivity contribution is 4.67. The molecule has 1 aliphatic heterocycles. The lowest BCUT2D eigenvalue weighted by Crippen LogP contribution is -2.32. The van der Waals surface area contributed by atoms with Crippen molar-refractivity contribution in [2.75, 3.05) is 20.1 Å². The highest BCUT2D eigenvalue weighted by Crippen LogP contribution is 2.06. The first kappa shape index (κ1) is 8.85. The smallest absolute Gasteiger partial charge is 0.0564 e. The summed E-state index contributed by atoms with van der Waals surface area (Å²) in [6, 6.07) is 0. The van der Waals surface area contributed by atoms with Crippen LogP contribution in [0, 0.1) is 0 Å². The lowest BCUT2D eigenvalue weighted by molar-refractivity contribution is 0.0943.